The van der Waals surface area contributed by atoms with Gasteiger partial charge in [-0.05, 0) is 37.5 Å². The molecule has 30 heavy (non-hydrogen) atoms. The smallest absolute Gasteiger partial charge is 0.262 e. The number of aromatic amines is 1. The van der Waals surface area contributed by atoms with Crippen LogP contribution in [0.4, 0.5) is 0 Å². The minimum absolute atomic E-state index is 0.125. The van der Waals surface area contributed by atoms with Gasteiger partial charge in [0.2, 0.25) is 6.79 Å². The van der Waals surface area contributed by atoms with Gasteiger partial charge >= 0.3 is 0 Å². The quantitative estimate of drug-likeness (QED) is 0.519. The highest BCUT2D eigenvalue weighted by molar-refractivity contribution is 5.77. The van der Waals surface area contributed by atoms with Gasteiger partial charge in [-0.25, -0.2) is 9.67 Å². The second-order valence-electron chi connectivity index (χ2n) is 8.02. The van der Waals surface area contributed by atoms with Crippen LogP contribution in [0.5, 0.6) is 11.5 Å². The first kappa shape index (κ1) is 20.4. The van der Waals surface area contributed by atoms with Gasteiger partial charge in [0.25, 0.3) is 5.56 Å². The molecule has 0 spiro atoms. The molecule has 7 nitrogen and oxygen atoms in total. The molecule has 7 heteroatoms. The molecule has 3 heterocycles. The Morgan fingerprint density at radius 2 is 2.00 bits per heavy atom. The number of nitrogens with one attached hydrogen (secondary N) is 1. The maximum Gasteiger partial charge on any atom is 0.262 e. The van der Waals surface area contributed by atoms with E-state index in [-0.39, 0.29) is 18.4 Å². The number of hydrogen-bond donors (Lipinski definition) is 1. The Hall–Kier alpha value is -2.83. The predicted octanol–water partition coefficient (Wildman–Crippen LogP) is 4.67. The molecule has 0 saturated carbocycles. The van der Waals surface area contributed by atoms with Crippen molar-refractivity contribution in [3.05, 3.63) is 45.6 Å². The summed E-state index contributed by atoms with van der Waals surface area (Å²) < 4.78 is 12.8. The average molecular weight is 411 g/mol. The van der Waals surface area contributed by atoms with Gasteiger partial charge < -0.3 is 14.5 Å². The Morgan fingerprint density at radius 1 is 1.17 bits per heavy atom. The van der Waals surface area contributed by atoms with Crippen LogP contribution in [0.2, 0.25) is 0 Å². The Morgan fingerprint density at radius 3 is 2.80 bits per heavy atom. The van der Waals surface area contributed by atoms with Gasteiger partial charge in [0.05, 0.1) is 11.7 Å². The van der Waals surface area contributed by atoms with Gasteiger partial charge in [-0.3, -0.25) is 4.79 Å². The molecule has 0 fully saturated rings. The summed E-state index contributed by atoms with van der Waals surface area (Å²) in [5.74, 6) is 2.11. The van der Waals surface area contributed by atoms with Gasteiger partial charge in [0, 0.05) is 6.42 Å². The van der Waals surface area contributed by atoms with Gasteiger partial charge in [-0.2, -0.15) is 5.10 Å². The van der Waals surface area contributed by atoms with Crippen molar-refractivity contribution in [2.75, 3.05) is 6.79 Å². The number of hydrogen-bond acceptors (Lipinski definition) is 5. The molecule has 3 aromatic rings. The van der Waals surface area contributed by atoms with E-state index in [0.717, 1.165) is 35.6 Å². The highest BCUT2D eigenvalue weighted by Crippen LogP contribution is 2.33. The van der Waals surface area contributed by atoms with Crippen LogP contribution in [0.25, 0.3) is 11.0 Å². The second kappa shape index (κ2) is 8.90. The molecular weight excluding hydrogens is 380 g/mol. The van der Waals surface area contributed by atoms with Crippen molar-refractivity contribution in [2.45, 2.75) is 71.8 Å². The van der Waals surface area contributed by atoms with Gasteiger partial charge in [-0.1, -0.05) is 45.6 Å². The molecule has 0 aliphatic carbocycles. The van der Waals surface area contributed by atoms with Crippen molar-refractivity contribution in [3.8, 4) is 11.5 Å². The average Bonchev–Trinajstić information content (AvgIpc) is 3.32. The molecular formula is C23H30N4O3. The highest BCUT2D eigenvalue weighted by Gasteiger charge is 2.20. The lowest BCUT2D eigenvalue weighted by molar-refractivity contribution is 0.174. The fraction of sp³-hybridized carbons (Fsp3) is 0.522. The van der Waals surface area contributed by atoms with Crippen LogP contribution in [-0.4, -0.2) is 26.5 Å². The van der Waals surface area contributed by atoms with Crippen LogP contribution < -0.4 is 15.0 Å². The fourth-order valence-corrected chi connectivity index (χ4v) is 4.15. The SMILES string of the molecule is CCCCCCC(CC)n1nc(C)c2c(=O)[nH]c(Cc3ccc4c(c3)OCO4)nc21. The zero-order chi connectivity index (χ0) is 21.1. The van der Waals surface area contributed by atoms with E-state index in [0.29, 0.717) is 23.3 Å². The first-order valence-corrected chi connectivity index (χ1v) is 11.0. The van der Waals surface area contributed by atoms with Crippen LogP contribution in [0.15, 0.2) is 23.0 Å². The molecule has 1 aliphatic rings. The second-order valence-corrected chi connectivity index (χ2v) is 8.02. The van der Waals surface area contributed by atoms with Crippen LogP contribution in [0.1, 0.15) is 75.5 Å². The van der Waals surface area contributed by atoms with Gasteiger partial charge in [-0.15, -0.1) is 0 Å². The van der Waals surface area contributed by atoms with Crippen LogP contribution in [-0.2, 0) is 6.42 Å². The summed E-state index contributed by atoms with van der Waals surface area (Å²) >= 11 is 0. The molecule has 0 amide bonds. The van der Waals surface area contributed by atoms with Crippen molar-refractivity contribution in [2.24, 2.45) is 0 Å². The highest BCUT2D eigenvalue weighted by atomic mass is 16.7. The Kier molecular flexibility index (Phi) is 6.06. The van der Waals surface area contributed by atoms with E-state index in [4.69, 9.17) is 19.6 Å². The monoisotopic (exact) mass is 410 g/mol. The normalized spacial score (nSPS) is 13.8. The third-order valence-corrected chi connectivity index (χ3v) is 5.80. The van der Waals surface area contributed by atoms with Crippen molar-refractivity contribution >= 4 is 11.0 Å². The van der Waals surface area contributed by atoms with E-state index >= 15 is 0 Å². The topological polar surface area (TPSA) is 82.0 Å². The molecule has 2 aromatic heterocycles. The van der Waals surface area contributed by atoms with Gasteiger partial charge in [0.1, 0.15) is 11.2 Å². The number of H-pyrrole nitrogens is 1. The number of aromatic nitrogens is 4. The van der Waals surface area contributed by atoms with Gasteiger partial charge in [0.15, 0.2) is 17.1 Å². The summed E-state index contributed by atoms with van der Waals surface area (Å²) in [4.78, 5) is 20.6. The number of aryl methyl sites for hydroxylation is 1. The molecule has 4 rings (SSSR count). The minimum Gasteiger partial charge on any atom is -0.454 e. The molecule has 1 aromatic carbocycles. The van der Waals surface area contributed by atoms with E-state index < -0.39 is 0 Å². The maximum absolute atomic E-state index is 12.8. The van der Waals surface area contributed by atoms with Crippen molar-refractivity contribution in [1.82, 2.24) is 19.7 Å². The van der Waals surface area contributed by atoms with Crippen molar-refractivity contribution in [1.29, 1.82) is 0 Å². The van der Waals surface area contributed by atoms with Crippen LogP contribution >= 0.6 is 0 Å². The predicted molar refractivity (Wildman–Crippen MR) is 116 cm³/mol. The molecule has 1 unspecified atom stereocenters. The molecule has 1 atom stereocenters. The number of nitrogens with zero attached hydrogens (tertiary/aromatic N) is 3. The van der Waals surface area contributed by atoms with E-state index in [1.54, 1.807) is 0 Å². The summed E-state index contributed by atoms with van der Waals surface area (Å²) in [6.07, 6.45) is 7.41. The number of unbranched alkanes of at least 4 members (excludes halogenated alkanes) is 3. The van der Waals surface area contributed by atoms with E-state index in [9.17, 15) is 4.79 Å². The maximum atomic E-state index is 12.8. The lowest BCUT2D eigenvalue weighted by atomic mass is 10.1. The zero-order valence-electron chi connectivity index (χ0n) is 18.0. The number of rotatable bonds is 9. The third kappa shape index (κ3) is 4.06. The molecule has 160 valence electrons. The lowest BCUT2D eigenvalue weighted by Gasteiger charge is -2.16. The standard InChI is InChI=1S/C23H30N4O3/c1-4-6-7-8-9-17(5-2)27-22-21(15(3)26-27)23(28)25-20(24-22)13-16-10-11-18-19(12-16)30-14-29-18/h10-12,17H,4-9,13-14H2,1-3H3,(H,24,25,28). The lowest BCUT2D eigenvalue weighted by Crippen LogP contribution is -2.15. The van der Waals surface area contributed by atoms with E-state index in [2.05, 4.69) is 18.8 Å². The first-order chi connectivity index (χ1) is 14.6. The molecule has 1 aliphatic heterocycles. The van der Waals surface area contributed by atoms with E-state index in [1.807, 2.05) is 29.8 Å². The van der Waals surface area contributed by atoms with Crippen LogP contribution in [0, 0.1) is 6.92 Å². The summed E-state index contributed by atoms with van der Waals surface area (Å²) in [6.45, 7) is 6.53. The van der Waals surface area contributed by atoms with Crippen molar-refractivity contribution < 1.29 is 9.47 Å². The fourth-order valence-electron chi connectivity index (χ4n) is 4.15. The van der Waals surface area contributed by atoms with Crippen molar-refractivity contribution in [3.63, 3.8) is 0 Å². The molecule has 0 bridgehead atoms. The van der Waals surface area contributed by atoms with Crippen LogP contribution in [0.3, 0.4) is 0 Å². The summed E-state index contributed by atoms with van der Waals surface area (Å²) in [5.41, 5.74) is 2.31. The molecule has 1 N–H and O–H groups in total. The summed E-state index contributed by atoms with van der Waals surface area (Å²) in [7, 11) is 0. The van der Waals surface area contributed by atoms with E-state index in [1.165, 1.54) is 25.7 Å². The Labute approximate surface area is 176 Å². The Balaban J connectivity index is 1.64. The summed E-state index contributed by atoms with van der Waals surface area (Å²) in [5, 5.41) is 5.31. The molecule has 0 radical (unpaired) electrons. The number of benzene rings is 1. The largest absolute Gasteiger partial charge is 0.454 e. The third-order valence-electron chi connectivity index (χ3n) is 5.80. The minimum atomic E-state index is -0.125. The first-order valence-electron chi connectivity index (χ1n) is 11.0. The number of ether oxygens (including phenoxy) is 2. The number of fused-ring (bicyclic) bond motifs is 2. The zero-order valence-corrected chi connectivity index (χ0v) is 18.0. The Bertz CT molecular complexity index is 1090. The summed E-state index contributed by atoms with van der Waals surface area (Å²) in [6, 6.07) is 6.07. The molecule has 0 saturated heterocycles.